The second kappa shape index (κ2) is 6.11. The topological polar surface area (TPSA) is 68.3 Å². The molecular weight excluding hydrogens is 300 g/mol. The van der Waals surface area contributed by atoms with Crippen molar-refractivity contribution in [1.82, 2.24) is 4.98 Å². The average Bonchev–Trinajstić information content (AvgIpc) is 2.42. The first-order valence-corrected chi connectivity index (χ1v) is 7.74. The average molecular weight is 313 g/mol. The number of nitrogens with zero attached hydrogens (tertiary/aromatic N) is 1. The zero-order valence-corrected chi connectivity index (χ0v) is 12.3. The van der Waals surface area contributed by atoms with Crippen molar-refractivity contribution in [2.75, 3.05) is 11.3 Å². The van der Waals surface area contributed by atoms with Crippen molar-refractivity contribution in [3.63, 3.8) is 0 Å². The molecule has 7 heteroatoms. The van der Waals surface area contributed by atoms with Crippen LogP contribution in [0, 0.1) is 0 Å². The van der Waals surface area contributed by atoms with Crippen molar-refractivity contribution >= 4 is 27.3 Å². The summed E-state index contributed by atoms with van der Waals surface area (Å²) in [6.07, 6.45) is 2.99. The van der Waals surface area contributed by atoms with Crippen LogP contribution in [0.25, 0.3) is 0 Å². The van der Waals surface area contributed by atoms with Crippen LogP contribution in [-0.4, -0.2) is 20.0 Å². The molecule has 0 aliphatic carbocycles. The molecule has 0 saturated heterocycles. The summed E-state index contributed by atoms with van der Waals surface area (Å²) >= 11 is 5.94. The van der Waals surface area contributed by atoms with Crippen LogP contribution in [0.15, 0.2) is 47.6 Å². The van der Waals surface area contributed by atoms with Crippen LogP contribution in [0.1, 0.15) is 6.92 Å². The van der Waals surface area contributed by atoms with Gasteiger partial charge in [-0.1, -0.05) is 11.6 Å². The van der Waals surface area contributed by atoms with E-state index < -0.39 is 10.0 Å². The Balaban J connectivity index is 2.32. The molecule has 0 saturated carbocycles. The molecule has 0 spiro atoms. The third-order valence-electron chi connectivity index (χ3n) is 2.43. The monoisotopic (exact) mass is 312 g/mol. The Bertz CT molecular complexity index is 690. The zero-order valence-electron chi connectivity index (χ0n) is 10.7. The van der Waals surface area contributed by atoms with E-state index >= 15 is 0 Å². The Morgan fingerprint density at radius 3 is 2.80 bits per heavy atom. The fourth-order valence-corrected chi connectivity index (χ4v) is 2.78. The summed E-state index contributed by atoms with van der Waals surface area (Å²) in [7, 11) is -3.70. The lowest BCUT2D eigenvalue weighted by molar-refractivity contribution is 0.339. The van der Waals surface area contributed by atoms with Gasteiger partial charge in [0, 0.05) is 12.3 Å². The molecule has 0 fully saturated rings. The van der Waals surface area contributed by atoms with E-state index in [0.717, 1.165) is 0 Å². The molecule has 0 unspecified atom stereocenters. The third kappa shape index (κ3) is 3.40. The summed E-state index contributed by atoms with van der Waals surface area (Å²) in [5, 5.41) is 0.368. The Morgan fingerprint density at radius 2 is 2.15 bits per heavy atom. The van der Waals surface area contributed by atoms with Gasteiger partial charge in [0.1, 0.15) is 5.75 Å². The second-order valence-electron chi connectivity index (χ2n) is 3.87. The van der Waals surface area contributed by atoms with Crippen molar-refractivity contribution in [3.8, 4) is 5.75 Å². The summed E-state index contributed by atoms with van der Waals surface area (Å²) in [4.78, 5) is 3.93. The highest BCUT2D eigenvalue weighted by Gasteiger charge is 2.16. The van der Waals surface area contributed by atoms with E-state index in [1.54, 1.807) is 25.3 Å². The molecule has 2 rings (SSSR count). The van der Waals surface area contributed by atoms with Crippen molar-refractivity contribution in [2.45, 2.75) is 11.8 Å². The van der Waals surface area contributed by atoms with Gasteiger partial charge in [0.05, 0.1) is 28.4 Å². The highest BCUT2D eigenvalue weighted by atomic mass is 35.5. The Morgan fingerprint density at radius 1 is 1.35 bits per heavy atom. The number of pyridine rings is 1. The fraction of sp³-hybridized carbons (Fsp3) is 0.154. The number of anilines is 1. The number of rotatable bonds is 5. The predicted octanol–water partition coefficient (Wildman–Crippen LogP) is 2.93. The zero-order chi connectivity index (χ0) is 14.6. The van der Waals surface area contributed by atoms with E-state index in [-0.39, 0.29) is 4.90 Å². The van der Waals surface area contributed by atoms with E-state index in [1.165, 1.54) is 24.4 Å². The van der Waals surface area contributed by atoms with Crippen LogP contribution in [-0.2, 0) is 10.0 Å². The molecule has 1 N–H and O–H groups in total. The quantitative estimate of drug-likeness (QED) is 0.921. The minimum absolute atomic E-state index is 0.0780. The van der Waals surface area contributed by atoms with Crippen molar-refractivity contribution < 1.29 is 13.2 Å². The highest BCUT2D eigenvalue weighted by Crippen LogP contribution is 2.28. The number of hydrogen-bond acceptors (Lipinski definition) is 4. The Kier molecular flexibility index (Phi) is 4.46. The van der Waals surface area contributed by atoms with Crippen LogP contribution in [0.3, 0.4) is 0 Å². The van der Waals surface area contributed by atoms with Gasteiger partial charge in [-0.3, -0.25) is 9.71 Å². The number of nitrogens with one attached hydrogen (secondary N) is 1. The maximum atomic E-state index is 12.2. The minimum Gasteiger partial charge on any atom is -0.492 e. The Hall–Kier alpha value is -1.79. The molecule has 0 amide bonds. The molecule has 0 aliphatic rings. The summed E-state index contributed by atoms with van der Waals surface area (Å²) in [5.41, 5.74) is 0.389. The van der Waals surface area contributed by atoms with Gasteiger partial charge in [0.25, 0.3) is 10.0 Å². The minimum atomic E-state index is -3.70. The number of sulfonamides is 1. The maximum absolute atomic E-state index is 12.2. The number of halogens is 1. The number of ether oxygens (including phenoxy) is 1. The molecule has 2 aromatic rings. The molecule has 0 aliphatic heterocycles. The predicted molar refractivity (Wildman–Crippen MR) is 77.7 cm³/mol. The van der Waals surface area contributed by atoms with Gasteiger partial charge in [0.2, 0.25) is 0 Å². The number of hydrogen-bond donors (Lipinski definition) is 1. The van der Waals surface area contributed by atoms with E-state index in [4.69, 9.17) is 16.3 Å². The van der Waals surface area contributed by atoms with E-state index in [0.29, 0.717) is 23.1 Å². The lowest BCUT2D eigenvalue weighted by Crippen LogP contribution is -2.13. The Labute approximate surface area is 122 Å². The van der Waals surface area contributed by atoms with Gasteiger partial charge in [-0.2, -0.15) is 0 Å². The summed E-state index contributed by atoms with van der Waals surface area (Å²) < 4.78 is 32.2. The lowest BCUT2D eigenvalue weighted by Gasteiger charge is -2.10. The molecule has 1 aromatic heterocycles. The standard InChI is InChI=1S/C13H13ClN2O3S/c1-2-19-13-8-11(5-6-12(13)14)20(17,18)16-10-4-3-7-15-9-10/h3-9,16H,2H2,1H3. The molecule has 1 heterocycles. The molecule has 5 nitrogen and oxygen atoms in total. The van der Waals surface area contributed by atoms with E-state index in [2.05, 4.69) is 9.71 Å². The van der Waals surface area contributed by atoms with Crippen molar-refractivity contribution in [2.24, 2.45) is 0 Å². The molecule has 106 valence electrons. The van der Waals surface area contributed by atoms with Crippen molar-refractivity contribution in [3.05, 3.63) is 47.7 Å². The van der Waals surface area contributed by atoms with Crippen LogP contribution in [0.4, 0.5) is 5.69 Å². The largest absolute Gasteiger partial charge is 0.492 e. The normalized spacial score (nSPS) is 11.1. The summed E-state index contributed by atoms with van der Waals surface area (Å²) in [6.45, 7) is 2.20. The molecular formula is C13H13ClN2O3S. The van der Waals surface area contributed by atoms with Gasteiger partial charge in [-0.05, 0) is 31.2 Å². The SMILES string of the molecule is CCOc1cc(S(=O)(=O)Nc2cccnc2)ccc1Cl. The summed E-state index contributed by atoms with van der Waals surface area (Å²) in [5.74, 6) is 0.336. The fourth-order valence-electron chi connectivity index (χ4n) is 1.55. The van der Waals surface area contributed by atoms with Gasteiger partial charge >= 0.3 is 0 Å². The second-order valence-corrected chi connectivity index (χ2v) is 5.96. The molecule has 0 radical (unpaired) electrons. The van der Waals surface area contributed by atoms with Gasteiger partial charge in [-0.25, -0.2) is 8.42 Å². The van der Waals surface area contributed by atoms with Gasteiger partial charge in [0.15, 0.2) is 0 Å². The first-order chi connectivity index (χ1) is 9.53. The van der Waals surface area contributed by atoms with Gasteiger partial charge < -0.3 is 4.74 Å². The third-order valence-corrected chi connectivity index (χ3v) is 4.12. The van der Waals surface area contributed by atoms with E-state index in [1.807, 2.05) is 0 Å². The molecule has 1 aromatic carbocycles. The van der Waals surface area contributed by atoms with Crippen LogP contribution in [0.5, 0.6) is 5.75 Å². The lowest BCUT2D eigenvalue weighted by atomic mass is 10.3. The first kappa shape index (κ1) is 14.6. The maximum Gasteiger partial charge on any atom is 0.262 e. The van der Waals surface area contributed by atoms with Crippen LogP contribution in [0.2, 0.25) is 5.02 Å². The number of benzene rings is 1. The van der Waals surface area contributed by atoms with Gasteiger partial charge in [-0.15, -0.1) is 0 Å². The van der Waals surface area contributed by atoms with Crippen LogP contribution < -0.4 is 9.46 Å². The molecule has 0 bridgehead atoms. The van der Waals surface area contributed by atoms with Crippen molar-refractivity contribution in [1.29, 1.82) is 0 Å². The summed E-state index contributed by atoms with van der Waals surface area (Å²) in [6, 6.07) is 7.56. The molecule has 0 atom stereocenters. The molecule has 20 heavy (non-hydrogen) atoms. The first-order valence-electron chi connectivity index (χ1n) is 5.88. The van der Waals surface area contributed by atoms with Crippen LogP contribution >= 0.6 is 11.6 Å². The van der Waals surface area contributed by atoms with E-state index in [9.17, 15) is 8.42 Å². The highest BCUT2D eigenvalue weighted by molar-refractivity contribution is 7.92. The number of aromatic nitrogens is 1. The smallest absolute Gasteiger partial charge is 0.262 e.